The fourth-order valence-electron chi connectivity index (χ4n) is 0.790. The molecule has 1 aliphatic rings. The lowest BCUT2D eigenvalue weighted by atomic mass is 10.0. The van der Waals surface area contributed by atoms with Crippen LogP contribution < -0.4 is 0 Å². The average Bonchev–Trinajstić information content (AvgIpc) is 2.08. The van der Waals surface area contributed by atoms with Crippen molar-refractivity contribution in [1.82, 2.24) is 0 Å². The van der Waals surface area contributed by atoms with Gasteiger partial charge in [0.2, 0.25) is 0 Å². The van der Waals surface area contributed by atoms with Crippen molar-refractivity contribution in [2.24, 2.45) is 0 Å². The quantitative estimate of drug-likeness (QED) is 0.446. The molecule has 94 valence electrons. The van der Waals surface area contributed by atoms with Gasteiger partial charge in [0.25, 0.3) is 11.9 Å². The van der Waals surface area contributed by atoms with Crippen molar-refractivity contribution in [2.75, 3.05) is 0 Å². The molecule has 0 saturated heterocycles. The third-order valence-electron chi connectivity index (χ3n) is 1.31. The van der Waals surface area contributed by atoms with E-state index in [1.54, 1.807) is 12.2 Å². The van der Waals surface area contributed by atoms with E-state index in [4.69, 9.17) is 30.0 Å². The molecule has 0 aromatic rings. The van der Waals surface area contributed by atoms with E-state index in [1.807, 2.05) is 0 Å². The normalized spacial score (nSPS) is 22.0. The summed E-state index contributed by atoms with van der Waals surface area (Å²) in [5, 5.41) is 32.5. The van der Waals surface area contributed by atoms with Crippen LogP contribution in [0.5, 0.6) is 0 Å². The first-order valence-electron chi connectivity index (χ1n) is 4.69. The van der Waals surface area contributed by atoms with Crippen LogP contribution >= 0.6 is 0 Å². The number of carboxylic acids is 2. The summed E-state index contributed by atoms with van der Waals surface area (Å²) in [6.45, 7) is 2.17. The summed E-state index contributed by atoms with van der Waals surface area (Å²) in [7, 11) is 0. The van der Waals surface area contributed by atoms with Crippen molar-refractivity contribution < 1.29 is 30.0 Å². The van der Waals surface area contributed by atoms with E-state index in [9.17, 15) is 0 Å². The second-order valence-electron chi connectivity index (χ2n) is 3.13. The third-order valence-corrected chi connectivity index (χ3v) is 1.31. The first-order chi connectivity index (χ1) is 7.25. The number of carboxylic acid groups (broad SMARTS) is 2. The van der Waals surface area contributed by atoms with E-state index in [1.165, 1.54) is 0 Å². The predicted molar refractivity (Wildman–Crippen MR) is 57.0 cm³/mol. The van der Waals surface area contributed by atoms with Gasteiger partial charge in [0.1, 0.15) is 0 Å². The lowest BCUT2D eigenvalue weighted by Gasteiger charge is -2.13. The van der Waals surface area contributed by atoms with Crippen LogP contribution in [-0.2, 0) is 9.59 Å². The zero-order valence-electron chi connectivity index (χ0n) is 9.33. The summed E-state index contributed by atoms with van der Waals surface area (Å²) in [6, 6.07) is 0. The average molecular weight is 234 g/mol. The Labute approximate surface area is 93.8 Å². The highest BCUT2D eigenvalue weighted by molar-refractivity contribution is 5.63. The standard InChI is InChI=1S/C6H10O2.2C2H4O2/c7-5-1-2-6(8)4-3-5;2*1-2(3)4/h1-2,5-8H,3-4H2;2*1H3,(H,3,4)/t5-,6-;;/m1../s1. The Kier molecular flexibility index (Phi) is 10.8. The number of aliphatic carboxylic acids is 2. The predicted octanol–water partition coefficient (Wildman–Crippen LogP) is 0.240. The maximum Gasteiger partial charge on any atom is 0.300 e. The van der Waals surface area contributed by atoms with Gasteiger partial charge in [-0.15, -0.1) is 0 Å². The minimum Gasteiger partial charge on any atom is -0.481 e. The van der Waals surface area contributed by atoms with E-state index in [0.29, 0.717) is 12.8 Å². The maximum atomic E-state index is 9.00. The molecule has 1 aliphatic carbocycles. The van der Waals surface area contributed by atoms with Crippen LogP contribution in [0.1, 0.15) is 26.7 Å². The van der Waals surface area contributed by atoms with Crippen LogP contribution in [0.4, 0.5) is 0 Å². The first-order valence-corrected chi connectivity index (χ1v) is 4.69. The molecule has 0 saturated carbocycles. The molecule has 6 nitrogen and oxygen atoms in total. The molecule has 0 radical (unpaired) electrons. The molecule has 0 amide bonds. The van der Waals surface area contributed by atoms with Gasteiger partial charge >= 0.3 is 0 Å². The van der Waals surface area contributed by atoms with Gasteiger partial charge < -0.3 is 20.4 Å². The molecule has 0 aromatic heterocycles. The summed E-state index contributed by atoms with van der Waals surface area (Å²) < 4.78 is 0. The number of carbonyl (C=O) groups is 2. The summed E-state index contributed by atoms with van der Waals surface area (Å²) in [5.41, 5.74) is 0. The van der Waals surface area contributed by atoms with Crippen molar-refractivity contribution in [1.29, 1.82) is 0 Å². The first kappa shape index (κ1) is 17.0. The summed E-state index contributed by atoms with van der Waals surface area (Å²) in [5.74, 6) is -1.67. The fourth-order valence-corrected chi connectivity index (χ4v) is 0.790. The molecule has 0 aromatic carbocycles. The zero-order valence-corrected chi connectivity index (χ0v) is 9.33. The van der Waals surface area contributed by atoms with E-state index in [0.717, 1.165) is 13.8 Å². The number of hydrogen-bond acceptors (Lipinski definition) is 4. The molecule has 6 heteroatoms. The van der Waals surface area contributed by atoms with E-state index in [2.05, 4.69) is 0 Å². The second kappa shape index (κ2) is 10.1. The molecule has 1 rings (SSSR count). The highest BCUT2D eigenvalue weighted by atomic mass is 16.4. The van der Waals surface area contributed by atoms with E-state index < -0.39 is 11.9 Å². The Balaban J connectivity index is 0. The van der Waals surface area contributed by atoms with Gasteiger partial charge in [-0.2, -0.15) is 0 Å². The van der Waals surface area contributed by atoms with Crippen LogP contribution in [0.3, 0.4) is 0 Å². The van der Waals surface area contributed by atoms with Crippen molar-refractivity contribution in [3.05, 3.63) is 12.2 Å². The Morgan fingerprint density at radius 3 is 1.25 bits per heavy atom. The molecular formula is C10H18O6. The molecule has 0 heterocycles. The molecule has 0 unspecified atom stereocenters. The molecule has 4 N–H and O–H groups in total. The second-order valence-corrected chi connectivity index (χ2v) is 3.13. The number of aliphatic hydroxyl groups excluding tert-OH is 2. The molecule has 16 heavy (non-hydrogen) atoms. The molecule has 0 spiro atoms. The Morgan fingerprint density at radius 2 is 1.12 bits per heavy atom. The highest BCUT2D eigenvalue weighted by Gasteiger charge is 2.09. The van der Waals surface area contributed by atoms with Gasteiger partial charge in [0, 0.05) is 13.8 Å². The lowest BCUT2D eigenvalue weighted by molar-refractivity contribution is -0.135. The van der Waals surface area contributed by atoms with Crippen LogP contribution in [-0.4, -0.2) is 44.6 Å². The van der Waals surface area contributed by atoms with E-state index in [-0.39, 0.29) is 12.2 Å². The fraction of sp³-hybridized carbons (Fsp3) is 0.600. The minimum atomic E-state index is -0.833. The van der Waals surface area contributed by atoms with Gasteiger partial charge in [0.15, 0.2) is 0 Å². The summed E-state index contributed by atoms with van der Waals surface area (Å²) in [6.07, 6.45) is 4.01. The van der Waals surface area contributed by atoms with E-state index >= 15 is 0 Å². The van der Waals surface area contributed by atoms with Gasteiger partial charge in [0.05, 0.1) is 12.2 Å². The number of aliphatic hydroxyl groups is 2. The zero-order chi connectivity index (χ0) is 13.1. The topological polar surface area (TPSA) is 115 Å². The Morgan fingerprint density at radius 1 is 0.938 bits per heavy atom. The van der Waals surface area contributed by atoms with Crippen LogP contribution in [0.15, 0.2) is 12.2 Å². The van der Waals surface area contributed by atoms with Crippen molar-refractivity contribution >= 4 is 11.9 Å². The smallest absolute Gasteiger partial charge is 0.300 e. The van der Waals surface area contributed by atoms with Crippen molar-refractivity contribution in [2.45, 2.75) is 38.9 Å². The maximum absolute atomic E-state index is 9.00. The van der Waals surface area contributed by atoms with Crippen LogP contribution in [0.25, 0.3) is 0 Å². The molecule has 0 fully saturated rings. The van der Waals surface area contributed by atoms with Gasteiger partial charge in [-0.1, -0.05) is 12.2 Å². The van der Waals surface area contributed by atoms with Crippen molar-refractivity contribution in [3.63, 3.8) is 0 Å². The monoisotopic (exact) mass is 234 g/mol. The SMILES string of the molecule is CC(=O)O.CC(=O)O.O[C@@H]1C=C[C@@H](O)CC1. The summed E-state index contributed by atoms with van der Waals surface area (Å²) >= 11 is 0. The molecule has 2 atom stereocenters. The molecular weight excluding hydrogens is 216 g/mol. The molecule has 0 aliphatic heterocycles. The summed E-state index contributed by atoms with van der Waals surface area (Å²) in [4.78, 5) is 18.0. The van der Waals surface area contributed by atoms with Crippen molar-refractivity contribution in [3.8, 4) is 0 Å². The molecule has 0 bridgehead atoms. The van der Waals surface area contributed by atoms with Crippen LogP contribution in [0, 0.1) is 0 Å². The van der Waals surface area contributed by atoms with Crippen LogP contribution in [0.2, 0.25) is 0 Å². The largest absolute Gasteiger partial charge is 0.481 e. The highest BCUT2D eigenvalue weighted by Crippen LogP contribution is 2.09. The van der Waals surface area contributed by atoms with Gasteiger partial charge in [-0.25, -0.2) is 0 Å². The number of rotatable bonds is 0. The third kappa shape index (κ3) is 22.9. The Hall–Kier alpha value is -1.40. The van der Waals surface area contributed by atoms with Gasteiger partial charge in [-0.3, -0.25) is 9.59 Å². The minimum absolute atomic E-state index is 0.321. The lowest BCUT2D eigenvalue weighted by Crippen LogP contribution is -2.14. The Bertz CT molecular complexity index is 203. The number of hydrogen-bond donors (Lipinski definition) is 4. The van der Waals surface area contributed by atoms with Gasteiger partial charge in [-0.05, 0) is 12.8 Å².